The number of benzene rings is 1. The van der Waals surface area contributed by atoms with Crippen LogP contribution in [0.4, 0.5) is 5.69 Å². The summed E-state index contributed by atoms with van der Waals surface area (Å²) < 4.78 is 0. The topological polar surface area (TPSA) is 47.8 Å². The van der Waals surface area contributed by atoms with Crippen molar-refractivity contribution in [2.75, 3.05) is 11.9 Å². The van der Waals surface area contributed by atoms with Crippen LogP contribution in [0.3, 0.4) is 0 Å². The molecule has 0 bridgehead atoms. The summed E-state index contributed by atoms with van der Waals surface area (Å²) in [6.07, 6.45) is 0.206. The van der Waals surface area contributed by atoms with Crippen LogP contribution in [0.15, 0.2) is 24.3 Å². The van der Waals surface area contributed by atoms with Crippen molar-refractivity contribution in [1.29, 1.82) is 5.26 Å². The molecule has 1 aromatic carbocycles. The number of anilines is 1. The lowest BCUT2D eigenvalue weighted by molar-refractivity contribution is 0.983. The number of rotatable bonds is 4. The van der Waals surface area contributed by atoms with E-state index in [2.05, 4.69) is 10.6 Å². The summed E-state index contributed by atoms with van der Waals surface area (Å²) in [5.41, 5.74) is 1.73. The number of nitrogens with zero attached hydrogens (tertiary/aromatic N) is 1. The molecule has 0 saturated carbocycles. The molecule has 0 atom stereocenters. The first-order valence-electron chi connectivity index (χ1n) is 5.23. The van der Waals surface area contributed by atoms with Crippen LogP contribution < -0.4 is 10.6 Å². The number of para-hydroxylation sites is 1. The van der Waals surface area contributed by atoms with E-state index in [1.807, 2.05) is 37.3 Å². The highest BCUT2D eigenvalue weighted by molar-refractivity contribution is 7.81. The van der Waals surface area contributed by atoms with Crippen molar-refractivity contribution in [3.63, 3.8) is 0 Å². The molecule has 3 nitrogen and oxygen atoms in total. The van der Waals surface area contributed by atoms with Gasteiger partial charge in [-0.15, -0.1) is 0 Å². The molecule has 0 radical (unpaired) electrons. The van der Waals surface area contributed by atoms with E-state index in [4.69, 9.17) is 29.7 Å². The second kappa shape index (κ2) is 6.94. The number of nitriles is 1. The fraction of sp³-hybridized carbons (Fsp3) is 0.250. The van der Waals surface area contributed by atoms with Crippen LogP contribution in [0.1, 0.15) is 18.9 Å². The third-order valence-electron chi connectivity index (χ3n) is 2.02. The van der Waals surface area contributed by atoms with E-state index in [1.165, 1.54) is 0 Å². The number of hydrogen-bond acceptors (Lipinski definition) is 3. The summed E-state index contributed by atoms with van der Waals surface area (Å²) >= 11 is 10.3. The predicted octanol–water partition coefficient (Wildman–Crippen LogP) is 2.62. The third-order valence-corrected chi connectivity index (χ3v) is 2.63. The quantitative estimate of drug-likeness (QED) is 0.818. The van der Waals surface area contributed by atoms with Gasteiger partial charge in [-0.3, -0.25) is 0 Å². The van der Waals surface area contributed by atoms with Gasteiger partial charge >= 0.3 is 0 Å². The second-order valence-electron chi connectivity index (χ2n) is 3.29. The largest absolute Gasteiger partial charge is 0.376 e. The molecule has 0 spiro atoms. The average Bonchev–Trinajstić information content (AvgIpc) is 2.30. The Balaban J connectivity index is 2.89. The Labute approximate surface area is 112 Å². The average molecular weight is 263 g/mol. The van der Waals surface area contributed by atoms with Crippen molar-refractivity contribution in [1.82, 2.24) is 5.32 Å². The first-order chi connectivity index (χ1) is 8.19. The number of thiocarbonyl (C=S) groups is 2. The molecule has 1 rings (SSSR count). The highest BCUT2D eigenvalue weighted by Crippen LogP contribution is 2.16. The lowest BCUT2D eigenvalue weighted by Gasteiger charge is -2.12. The molecule has 0 saturated heterocycles. The first kappa shape index (κ1) is 13.6. The van der Waals surface area contributed by atoms with E-state index in [0.29, 0.717) is 9.98 Å². The molecule has 0 fully saturated rings. The summed E-state index contributed by atoms with van der Waals surface area (Å²) in [4.78, 5) is 1.18. The van der Waals surface area contributed by atoms with Gasteiger partial charge in [0, 0.05) is 17.8 Å². The fourth-order valence-corrected chi connectivity index (χ4v) is 1.81. The van der Waals surface area contributed by atoms with Gasteiger partial charge < -0.3 is 10.6 Å². The molecule has 0 aliphatic heterocycles. The molecular formula is C12H13N3S2. The van der Waals surface area contributed by atoms with Crippen LogP contribution in [0.2, 0.25) is 0 Å². The van der Waals surface area contributed by atoms with Gasteiger partial charge in [0.2, 0.25) is 0 Å². The molecule has 88 valence electrons. The minimum Gasteiger partial charge on any atom is -0.376 e. The summed E-state index contributed by atoms with van der Waals surface area (Å²) in [6, 6.07) is 9.63. The van der Waals surface area contributed by atoms with Gasteiger partial charge in [-0.1, -0.05) is 36.6 Å². The van der Waals surface area contributed by atoms with Crippen molar-refractivity contribution < 1.29 is 0 Å². The highest BCUT2D eigenvalue weighted by Gasteiger charge is 2.07. The van der Waals surface area contributed by atoms with Gasteiger partial charge in [0.05, 0.1) is 17.5 Å². The second-order valence-corrected chi connectivity index (χ2v) is 4.19. The Morgan fingerprint density at radius 1 is 1.35 bits per heavy atom. The third kappa shape index (κ3) is 4.10. The zero-order valence-electron chi connectivity index (χ0n) is 9.49. The molecule has 0 aliphatic rings. The summed E-state index contributed by atoms with van der Waals surface area (Å²) in [6.45, 7) is 2.76. The van der Waals surface area contributed by atoms with Crippen molar-refractivity contribution in [3.05, 3.63) is 29.8 Å². The Kier molecular flexibility index (Phi) is 5.53. The molecule has 0 aromatic heterocycles. The summed E-state index contributed by atoms with van der Waals surface area (Å²) in [5.74, 6) is 0. The number of hydrogen-bond donors (Lipinski definition) is 2. The van der Waals surface area contributed by atoms with Crippen LogP contribution in [0.25, 0.3) is 0 Å². The maximum absolute atomic E-state index is 8.56. The Morgan fingerprint density at radius 2 is 2.06 bits per heavy atom. The fourth-order valence-electron chi connectivity index (χ4n) is 1.31. The highest BCUT2D eigenvalue weighted by atomic mass is 32.1. The predicted molar refractivity (Wildman–Crippen MR) is 78.3 cm³/mol. The van der Waals surface area contributed by atoms with Gasteiger partial charge in [0.1, 0.15) is 4.99 Å². The zero-order valence-corrected chi connectivity index (χ0v) is 11.1. The van der Waals surface area contributed by atoms with Crippen LogP contribution in [0, 0.1) is 11.3 Å². The smallest absolute Gasteiger partial charge is 0.108 e. The van der Waals surface area contributed by atoms with Crippen molar-refractivity contribution in [3.8, 4) is 6.07 Å². The Morgan fingerprint density at radius 3 is 2.71 bits per heavy atom. The van der Waals surface area contributed by atoms with E-state index in [0.717, 1.165) is 17.8 Å². The molecule has 5 heteroatoms. The SMILES string of the molecule is CCNC(=S)c1ccccc1NC(=S)CC#N. The van der Waals surface area contributed by atoms with Gasteiger partial charge in [0.15, 0.2) is 0 Å². The van der Waals surface area contributed by atoms with Crippen LogP contribution in [-0.2, 0) is 0 Å². The van der Waals surface area contributed by atoms with Crippen molar-refractivity contribution in [2.45, 2.75) is 13.3 Å². The Bertz CT molecular complexity index is 463. The molecular weight excluding hydrogens is 250 g/mol. The van der Waals surface area contributed by atoms with Gasteiger partial charge in [0.25, 0.3) is 0 Å². The van der Waals surface area contributed by atoms with Crippen LogP contribution in [-0.4, -0.2) is 16.5 Å². The monoisotopic (exact) mass is 263 g/mol. The molecule has 0 aliphatic carbocycles. The minimum absolute atomic E-state index is 0.206. The van der Waals surface area contributed by atoms with Crippen LogP contribution >= 0.6 is 24.4 Å². The summed E-state index contributed by atoms with van der Waals surface area (Å²) in [7, 11) is 0. The molecule has 0 amide bonds. The van der Waals surface area contributed by atoms with Crippen molar-refractivity contribution in [2.24, 2.45) is 0 Å². The molecule has 1 aromatic rings. The molecule has 0 heterocycles. The van der Waals surface area contributed by atoms with Gasteiger partial charge in [-0.05, 0) is 19.1 Å². The normalized spacial score (nSPS) is 9.18. The van der Waals surface area contributed by atoms with E-state index >= 15 is 0 Å². The Hall–Kier alpha value is -1.51. The summed E-state index contributed by atoms with van der Waals surface area (Å²) in [5, 5.41) is 14.7. The van der Waals surface area contributed by atoms with E-state index in [9.17, 15) is 0 Å². The zero-order chi connectivity index (χ0) is 12.7. The van der Waals surface area contributed by atoms with Gasteiger partial charge in [-0.25, -0.2) is 0 Å². The van der Waals surface area contributed by atoms with Crippen LogP contribution in [0.5, 0.6) is 0 Å². The van der Waals surface area contributed by atoms with Crippen molar-refractivity contribution >= 4 is 40.1 Å². The van der Waals surface area contributed by atoms with Gasteiger partial charge in [-0.2, -0.15) is 5.26 Å². The molecule has 17 heavy (non-hydrogen) atoms. The number of nitrogens with one attached hydrogen (secondary N) is 2. The molecule has 2 N–H and O–H groups in total. The first-order valence-corrected chi connectivity index (χ1v) is 6.04. The lowest BCUT2D eigenvalue weighted by Crippen LogP contribution is -2.23. The lowest BCUT2D eigenvalue weighted by atomic mass is 10.1. The minimum atomic E-state index is 0.206. The standard InChI is InChI=1S/C12H13N3S2/c1-2-14-12(17)9-5-3-4-6-10(9)15-11(16)7-8-13/h3-6H,2,7H2,1H3,(H,14,17)(H,15,16). The maximum Gasteiger partial charge on any atom is 0.108 e. The van der Waals surface area contributed by atoms with E-state index in [-0.39, 0.29) is 6.42 Å². The molecule has 0 unspecified atom stereocenters. The maximum atomic E-state index is 8.56. The van der Waals surface area contributed by atoms with E-state index in [1.54, 1.807) is 0 Å². The van der Waals surface area contributed by atoms with E-state index < -0.39 is 0 Å².